The molecule has 0 saturated carbocycles. The Morgan fingerprint density at radius 2 is 1.74 bits per heavy atom. The van der Waals surface area contributed by atoms with Crippen molar-refractivity contribution in [3.05, 3.63) is 71.5 Å². The van der Waals surface area contributed by atoms with Crippen LogP contribution in [0.25, 0.3) is 34.3 Å². The van der Waals surface area contributed by atoms with Gasteiger partial charge in [0.2, 0.25) is 5.89 Å². The third kappa shape index (κ3) is 5.53. The molecule has 1 fully saturated rings. The van der Waals surface area contributed by atoms with Crippen LogP contribution in [0.2, 0.25) is 0 Å². The van der Waals surface area contributed by atoms with E-state index in [1.54, 1.807) is 24.0 Å². The summed E-state index contributed by atoms with van der Waals surface area (Å²) in [5.74, 6) is -0.118. The summed E-state index contributed by atoms with van der Waals surface area (Å²) in [5, 5.41) is 8.08. The van der Waals surface area contributed by atoms with Gasteiger partial charge in [0.25, 0.3) is 11.8 Å². The van der Waals surface area contributed by atoms with E-state index < -0.39 is 17.6 Å². The summed E-state index contributed by atoms with van der Waals surface area (Å²) in [7, 11) is 3.97. The lowest BCUT2D eigenvalue weighted by atomic mass is 9.98. The van der Waals surface area contributed by atoms with Gasteiger partial charge in [-0.15, -0.1) is 10.2 Å². The number of benzene rings is 2. The van der Waals surface area contributed by atoms with Crippen LogP contribution in [-0.4, -0.2) is 69.1 Å². The lowest BCUT2D eigenvalue weighted by Gasteiger charge is -2.35. The summed E-state index contributed by atoms with van der Waals surface area (Å²) in [6.45, 7) is 2.64. The first-order chi connectivity index (χ1) is 18.6. The molecule has 39 heavy (non-hydrogen) atoms. The van der Waals surface area contributed by atoms with Crippen LogP contribution in [-0.2, 0) is 6.18 Å². The number of hydrogen-bond donors (Lipinski definition) is 0. The second-order valence-corrected chi connectivity index (χ2v) is 9.71. The molecule has 0 radical (unpaired) electrons. The second kappa shape index (κ2) is 10.6. The molecule has 2 aromatic heterocycles. The van der Waals surface area contributed by atoms with Crippen LogP contribution in [0.1, 0.15) is 35.9 Å². The second-order valence-electron chi connectivity index (χ2n) is 9.71. The summed E-state index contributed by atoms with van der Waals surface area (Å²) in [6, 6.07) is 13.0. The number of carbonyl (C=O) groups is 1. The Hall–Kier alpha value is -4.12. The number of aryl methyl sites for hydroxylation is 1. The predicted molar refractivity (Wildman–Crippen MR) is 141 cm³/mol. The number of likely N-dealkylation sites (tertiary alicyclic amines) is 1. The first-order valence-corrected chi connectivity index (χ1v) is 12.5. The van der Waals surface area contributed by atoms with Crippen LogP contribution in [0.4, 0.5) is 13.2 Å². The molecule has 0 bridgehead atoms. The first kappa shape index (κ1) is 26.5. The van der Waals surface area contributed by atoms with Gasteiger partial charge in [-0.25, -0.2) is 4.98 Å². The molecule has 0 atom stereocenters. The number of rotatable bonds is 5. The lowest BCUT2D eigenvalue weighted by molar-refractivity contribution is -0.137. The minimum atomic E-state index is -4.72. The van der Waals surface area contributed by atoms with E-state index in [1.165, 1.54) is 18.3 Å². The molecule has 1 saturated heterocycles. The number of alkyl halides is 3. The van der Waals surface area contributed by atoms with E-state index in [-0.39, 0.29) is 35.7 Å². The zero-order chi connectivity index (χ0) is 27.7. The van der Waals surface area contributed by atoms with Crippen LogP contribution in [0.5, 0.6) is 0 Å². The zero-order valence-electron chi connectivity index (χ0n) is 21.7. The quantitative estimate of drug-likeness (QED) is 0.327. The van der Waals surface area contributed by atoms with Gasteiger partial charge < -0.3 is 14.2 Å². The highest BCUT2D eigenvalue weighted by Gasteiger charge is 2.36. The highest BCUT2D eigenvalue weighted by molar-refractivity contribution is 5.95. The molecule has 11 heteroatoms. The van der Waals surface area contributed by atoms with E-state index in [1.807, 2.05) is 32.3 Å². The van der Waals surface area contributed by atoms with Gasteiger partial charge in [0.1, 0.15) is 5.69 Å². The molecule has 3 heterocycles. The zero-order valence-corrected chi connectivity index (χ0v) is 21.7. The topological polar surface area (TPSA) is 88.3 Å². The number of carbonyl (C=O) groups excluding carboxylic acids is 1. The van der Waals surface area contributed by atoms with E-state index >= 15 is 0 Å². The van der Waals surface area contributed by atoms with Gasteiger partial charge in [0, 0.05) is 37.2 Å². The van der Waals surface area contributed by atoms with Crippen molar-refractivity contribution in [2.45, 2.75) is 32.0 Å². The number of hydrogen-bond acceptors (Lipinski definition) is 7. The largest absolute Gasteiger partial charge is 0.417 e. The number of aromatic nitrogens is 4. The first-order valence-electron chi connectivity index (χ1n) is 12.5. The molecule has 2 aromatic carbocycles. The molecule has 0 spiro atoms. The average molecular weight is 539 g/mol. The van der Waals surface area contributed by atoms with Crippen molar-refractivity contribution in [1.29, 1.82) is 0 Å². The smallest absolute Gasteiger partial charge is 0.415 e. The molecular weight excluding hydrogens is 509 g/mol. The van der Waals surface area contributed by atoms with Crippen molar-refractivity contribution in [1.82, 2.24) is 30.0 Å². The van der Waals surface area contributed by atoms with Crippen molar-refractivity contribution >= 4 is 5.91 Å². The van der Waals surface area contributed by atoms with E-state index in [0.29, 0.717) is 30.4 Å². The molecule has 0 unspecified atom stereocenters. The van der Waals surface area contributed by atoms with Crippen molar-refractivity contribution in [2.75, 3.05) is 27.2 Å². The summed E-state index contributed by atoms with van der Waals surface area (Å²) in [5.41, 5.74) is 0.108. The molecule has 1 aliphatic heterocycles. The van der Waals surface area contributed by atoms with Crippen LogP contribution >= 0.6 is 0 Å². The van der Waals surface area contributed by atoms with Gasteiger partial charge in [-0.05, 0) is 58.1 Å². The number of nitrogens with zero attached hydrogens (tertiary/aromatic N) is 6. The van der Waals surface area contributed by atoms with Crippen molar-refractivity contribution in [3.8, 4) is 34.3 Å². The van der Waals surface area contributed by atoms with Gasteiger partial charge in [0.05, 0.1) is 23.1 Å². The molecule has 4 aromatic rings. The Morgan fingerprint density at radius 3 is 2.41 bits per heavy atom. The van der Waals surface area contributed by atoms with E-state index in [9.17, 15) is 18.0 Å². The lowest BCUT2D eigenvalue weighted by Crippen LogP contribution is -2.44. The van der Waals surface area contributed by atoms with Crippen LogP contribution in [0.15, 0.2) is 59.1 Å². The summed E-state index contributed by atoms with van der Waals surface area (Å²) in [6.07, 6.45) is -1.91. The van der Waals surface area contributed by atoms with Crippen molar-refractivity contribution < 1.29 is 23.8 Å². The third-order valence-corrected chi connectivity index (χ3v) is 6.93. The van der Waals surface area contributed by atoms with Gasteiger partial charge in [-0.2, -0.15) is 13.2 Å². The van der Waals surface area contributed by atoms with Gasteiger partial charge in [-0.1, -0.05) is 24.3 Å². The normalized spacial score (nSPS) is 14.7. The Balaban J connectivity index is 0.00000370. The van der Waals surface area contributed by atoms with E-state index in [0.717, 1.165) is 18.9 Å². The predicted octanol–water partition coefficient (Wildman–Crippen LogP) is 5.60. The molecule has 5 rings (SSSR count). The van der Waals surface area contributed by atoms with Crippen LogP contribution in [0.3, 0.4) is 0 Å². The minimum Gasteiger partial charge on any atom is -0.415 e. The maximum Gasteiger partial charge on any atom is 0.417 e. The Bertz CT molecular complexity index is 1490. The molecule has 1 aliphatic rings. The SMILES string of the molecule is Cc1ncc(-c2ccc(C(=O)N3CCC(N(C)C)CC3)cc2C(F)(F)F)nc1-c1nnc(-c2ccccc2)o1.[HH]. The fourth-order valence-electron chi connectivity index (χ4n) is 4.70. The van der Waals surface area contributed by atoms with Crippen molar-refractivity contribution in [2.24, 2.45) is 0 Å². The fraction of sp³-hybridized carbons (Fsp3) is 0.321. The molecule has 8 nitrogen and oxygen atoms in total. The molecular formula is C28H29F3N6O2. The maximum absolute atomic E-state index is 14.2. The van der Waals surface area contributed by atoms with Crippen LogP contribution in [0, 0.1) is 6.92 Å². The van der Waals surface area contributed by atoms with E-state index in [4.69, 9.17) is 4.42 Å². The number of halogens is 3. The molecule has 0 aliphatic carbocycles. The third-order valence-electron chi connectivity index (χ3n) is 6.93. The average Bonchev–Trinajstić information content (AvgIpc) is 3.43. The molecule has 204 valence electrons. The van der Waals surface area contributed by atoms with E-state index in [2.05, 4.69) is 25.1 Å². The summed E-state index contributed by atoms with van der Waals surface area (Å²) >= 11 is 0. The number of amides is 1. The monoisotopic (exact) mass is 538 g/mol. The minimum absolute atomic E-state index is 0. The fourth-order valence-corrected chi connectivity index (χ4v) is 4.70. The Morgan fingerprint density at radius 1 is 1.05 bits per heavy atom. The standard InChI is InChI=1S/C28H27F3N6O2.H2/c1-17-24(26-35-34-25(39-26)18-7-5-4-6-8-18)33-23(16-32-17)21-10-9-19(15-22(21)28(29,30)31)27(38)37-13-11-20(12-14-37)36(2)3;/h4-10,15-16,20H,11-14H2,1-3H3;1H. The van der Waals surface area contributed by atoms with Crippen LogP contribution < -0.4 is 0 Å². The molecule has 0 N–H and O–H groups in total. The van der Waals surface area contributed by atoms with Gasteiger partial charge in [-0.3, -0.25) is 9.78 Å². The van der Waals surface area contributed by atoms with Gasteiger partial charge >= 0.3 is 6.18 Å². The molecule has 1 amide bonds. The Kier molecular flexibility index (Phi) is 7.17. The maximum atomic E-state index is 14.2. The van der Waals surface area contributed by atoms with Crippen molar-refractivity contribution in [3.63, 3.8) is 0 Å². The highest BCUT2D eigenvalue weighted by Crippen LogP contribution is 2.38. The Labute approximate surface area is 225 Å². The summed E-state index contributed by atoms with van der Waals surface area (Å²) < 4.78 is 48.5. The summed E-state index contributed by atoms with van der Waals surface area (Å²) in [4.78, 5) is 25.5. The van der Waals surface area contributed by atoms with Gasteiger partial charge in [0.15, 0.2) is 0 Å². The highest BCUT2D eigenvalue weighted by atomic mass is 19.4. The number of piperidine rings is 1.